The van der Waals surface area contributed by atoms with Crippen LogP contribution in [0.5, 0.6) is 0 Å². The van der Waals surface area contributed by atoms with Crippen LogP contribution in [-0.2, 0) is 6.54 Å². The molecular formula is C14H21F3N4. The second kappa shape index (κ2) is 6.17. The first-order valence-corrected chi connectivity index (χ1v) is 7.15. The van der Waals surface area contributed by atoms with Crippen LogP contribution in [0.2, 0.25) is 0 Å². The van der Waals surface area contributed by atoms with E-state index in [2.05, 4.69) is 15.3 Å². The molecule has 7 heteroatoms. The predicted molar refractivity (Wildman–Crippen MR) is 75.3 cm³/mol. The van der Waals surface area contributed by atoms with Gasteiger partial charge in [-0.25, -0.2) is 9.97 Å². The van der Waals surface area contributed by atoms with Crippen molar-refractivity contribution < 1.29 is 13.2 Å². The van der Waals surface area contributed by atoms with Gasteiger partial charge in [0.1, 0.15) is 12.4 Å². The molecule has 1 heterocycles. The molecule has 0 atom stereocenters. The van der Waals surface area contributed by atoms with E-state index in [1.165, 1.54) is 4.90 Å². The fourth-order valence-corrected chi connectivity index (χ4v) is 2.23. The van der Waals surface area contributed by atoms with Crippen molar-refractivity contribution in [3.8, 4) is 0 Å². The van der Waals surface area contributed by atoms with E-state index >= 15 is 0 Å². The Balaban J connectivity index is 2.34. The molecule has 0 bridgehead atoms. The van der Waals surface area contributed by atoms with Crippen molar-refractivity contribution in [3.05, 3.63) is 17.7 Å². The summed E-state index contributed by atoms with van der Waals surface area (Å²) in [5.74, 6) is 0.804. The molecule has 0 aliphatic heterocycles. The Morgan fingerprint density at radius 2 is 2.05 bits per heavy atom. The van der Waals surface area contributed by atoms with E-state index in [1.54, 1.807) is 13.2 Å². The minimum atomic E-state index is -4.23. The lowest BCUT2D eigenvalue weighted by molar-refractivity contribution is -0.120. The summed E-state index contributed by atoms with van der Waals surface area (Å²) in [5.41, 5.74) is 1.13. The first-order valence-electron chi connectivity index (χ1n) is 7.15. The molecule has 0 aromatic carbocycles. The van der Waals surface area contributed by atoms with Gasteiger partial charge in [0.25, 0.3) is 0 Å². The SMILES string of the molecule is CNCc1nc(C(C)C)ncc1N(CC(F)(F)F)C1CC1. The fraction of sp³-hybridized carbons (Fsp3) is 0.714. The molecule has 1 fully saturated rings. The highest BCUT2D eigenvalue weighted by atomic mass is 19.4. The molecule has 118 valence electrons. The summed E-state index contributed by atoms with van der Waals surface area (Å²) in [6.45, 7) is 3.41. The van der Waals surface area contributed by atoms with Gasteiger partial charge in [-0.3, -0.25) is 0 Å². The summed E-state index contributed by atoms with van der Waals surface area (Å²) < 4.78 is 38.4. The van der Waals surface area contributed by atoms with Crippen LogP contribution in [0, 0.1) is 0 Å². The van der Waals surface area contributed by atoms with Gasteiger partial charge in [-0.2, -0.15) is 13.2 Å². The van der Waals surface area contributed by atoms with E-state index in [0.717, 1.165) is 12.8 Å². The Morgan fingerprint density at radius 1 is 1.38 bits per heavy atom. The molecule has 0 saturated heterocycles. The normalized spacial score (nSPS) is 15.6. The predicted octanol–water partition coefficient (Wildman–Crippen LogP) is 2.85. The van der Waals surface area contributed by atoms with E-state index in [4.69, 9.17) is 0 Å². The number of rotatable bonds is 6. The zero-order valence-corrected chi connectivity index (χ0v) is 12.5. The molecule has 1 aliphatic rings. The van der Waals surface area contributed by atoms with Crippen molar-refractivity contribution in [2.45, 2.75) is 51.4 Å². The minimum absolute atomic E-state index is 0.0456. The summed E-state index contributed by atoms with van der Waals surface area (Å²) >= 11 is 0. The average molecular weight is 302 g/mol. The second-order valence-electron chi connectivity index (χ2n) is 5.72. The van der Waals surface area contributed by atoms with Crippen molar-refractivity contribution in [1.29, 1.82) is 0 Å². The first-order chi connectivity index (χ1) is 9.81. The molecule has 21 heavy (non-hydrogen) atoms. The second-order valence-corrected chi connectivity index (χ2v) is 5.72. The van der Waals surface area contributed by atoms with Gasteiger partial charge in [0, 0.05) is 18.5 Å². The van der Waals surface area contributed by atoms with Gasteiger partial charge in [0.15, 0.2) is 0 Å². The third kappa shape index (κ3) is 4.30. The summed E-state index contributed by atoms with van der Waals surface area (Å²) in [7, 11) is 1.76. The van der Waals surface area contributed by atoms with E-state index in [-0.39, 0.29) is 12.0 Å². The highest BCUT2D eigenvalue weighted by Gasteiger charge is 2.39. The van der Waals surface area contributed by atoms with Gasteiger partial charge in [0.05, 0.1) is 17.6 Å². The maximum Gasteiger partial charge on any atom is 0.405 e. The van der Waals surface area contributed by atoms with Gasteiger partial charge in [0.2, 0.25) is 0 Å². The highest BCUT2D eigenvalue weighted by molar-refractivity contribution is 5.51. The van der Waals surface area contributed by atoms with Gasteiger partial charge in [-0.05, 0) is 19.9 Å². The van der Waals surface area contributed by atoms with Crippen LogP contribution in [0.25, 0.3) is 0 Å². The third-order valence-electron chi connectivity index (χ3n) is 3.37. The van der Waals surface area contributed by atoms with Crippen molar-refractivity contribution in [2.75, 3.05) is 18.5 Å². The molecule has 0 spiro atoms. The minimum Gasteiger partial charge on any atom is -0.357 e. The molecule has 1 aromatic rings. The summed E-state index contributed by atoms with van der Waals surface area (Å²) in [6, 6.07) is -0.0456. The number of anilines is 1. The quantitative estimate of drug-likeness (QED) is 0.877. The Hall–Kier alpha value is -1.37. The van der Waals surface area contributed by atoms with Crippen LogP contribution in [-0.4, -0.2) is 35.8 Å². The van der Waals surface area contributed by atoms with Crippen molar-refractivity contribution in [3.63, 3.8) is 0 Å². The van der Waals surface area contributed by atoms with Crippen LogP contribution < -0.4 is 10.2 Å². The number of hydrogen-bond acceptors (Lipinski definition) is 4. The third-order valence-corrected chi connectivity index (χ3v) is 3.37. The number of nitrogens with one attached hydrogen (secondary N) is 1. The average Bonchev–Trinajstić information content (AvgIpc) is 3.19. The standard InChI is InChI=1S/C14H21F3N4/c1-9(2)13-19-7-12(11(20-13)6-18-3)21(10-4-5-10)8-14(15,16)17/h7,9-10,18H,4-6,8H2,1-3H3. The molecule has 1 aromatic heterocycles. The number of aromatic nitrogens is 2. The van der Waals surface area contributed by atoms with Crippen LogP contribution in [0.15, 0.2) is 6.20 Å². The summed E-state index contributed by atoms with van der Waals surface area (Å²) in [5, 5.41) is 2.97. The van der Waals surface area contributed by atoms with Crippen LogP contribution in [0.1, 0.15) is 44.1 Å². The molecule has 2 rings (SSSR count). The van der Waals surface area contributed by atoms with Crippen LogP contribution in [0.4, 0.5) is 18.9 Å². The Bertz CT molecular complexity index is 484. The molecule has 1 N–H and O–H groups in total. The first kappa shape index (κ1) is 16.0. The highest BCUT2D eigenvalue weighted by Crippen LogP contribution is 2.35. The van der Waals surface area contributed by atoms with Crippen LogP contribution >= 0.6 is 0 Å². The zero-order chi connectivity index (χ0) is 15.6. The lowest BCUT2D eigenvalue weighted by atomic mass is 10.2. The van der Waals surface area contributed by atoms with E-state index in [0.29, 0.717) is 23.8 Å². The Morgan fingerprint density at radius 3 is 2.52 bits per heavy atom. The molecule has 0 radical (unpaired) electrons. The maximum atomic E-state index is 12.8. The van der Waals surface area contributed by atoms with Crippen molar-refractivity contribution in [2.24, 2.45) is 0 Å². The topological polar surface area (TPSA) is 41.1 Å². The molecule has 0 amide bonds. The van der Waals surface area contributed by atoms with E-state index < -0.39 is 12.7 Å². The van der Waals surface area contributed by atoms with Gasteiger partial charge in [-0.15, -0.1) is 0 Å². The van der Waals surface area contributed by atoms with Crippen molar-refractivity contribution >= 4 is 5.69 Å². The Kier molecular flexibility index (Phi) is 4.70. The largest absolute Gasteiger partial charge is 0.405 e. The van der Waals surface area contributed by atoms with Gasteiger partial charge >= 0.3 is 6.18 Å². The lowest BCUT2D eigenvalue weighted by Gasteiger charge is -2.27. The maximum absolute atomic E-state index is 12.8. The van der Waals surface area contributed by atoms with Crippen LogP contribution in [0.3, 0.4) is 0 Å². The smallest absolute Gasteiger partial charge is 0.357 e. The van der Waals surface area contributed by atoms with E-state index in [9.17, 15) is 13.2 Å². The molecule has 0 unspecified atom stereocenters. The number of alkyl halides is 3. The fourth-order valence-electron chi connectivity index (χ4n) is 2.23. The summed E-state index contributed by atoms with van der Waals surface area (Å²) in [4.78, 5) is 10.1. The van der Waals surface area contributed by atoms with Gasteiger partial charge < -0.3 is 10.2 Å². The molecule has 1 aliphatic carbocycles. The molecule has 4 nitrogen and oxygen atoms in total. The molecule has 1 saturated carbocycles. The molecular weight excluding hydrogens is 281 g/mol. The van der Waals surface area contributed by atoms with E-state index in [1.807, 2.05) is 13.8 Å². The van der Waals surface area contributed by atoms with Gasteiger partial charge in [-0.1, -0.05) is 13.8 Å². The number of hydrogen-bond donors (Lipinski definition) is 1. The monoisotopic (exact) mass is 302 g/mol. The number of nitrogens with zero attached hydrogens (tertiary/aromatic N) is 3. The lowest BCUT2D eigenvalue weighted by Crippen LogP contribution is -2.37. The summed E-state index contributed by atoms with van der Waals surface area (Å²) in [6.07, 6.45) is -1.10. The number of halogens is 3. The zero-order valence-electron chi connectivity index (χ0n) is 12.5. The van der Waals surface area contributed by atoms with Crippen molar-refractivity contribution in [1.82, 2.24) is 15.3 Å². The Labute approximate surface area is 122 Å².